The van der Waals surface area contributed by atoms with Crippen LogP contribution < -0.4 is 5.32 Å². The second-order valence-electron chi connectivity index (χ2n) is 22.5. The molecular weight excluding hydrogens is 1010 g/mol. The molecule has 1 saturated heterocycles. The molecule has 0 aromatic carbocycles. The van der Waals surface area contributed by atoms with Crippen LogP contribution in [0.3, 0.4) is 0 Å². The Morgan fingerprint density at radius 2 is 0.889 bits per heavy atom. The fraction of sp³-hybridized carbons (Fsp3) is 0.743. The van der Waals surface area contributed by atoms with E-state index in [9.17, 15) is 35.1 Å². The summed E-state index contributed by atoms with van der Waals surface area (Å²) < 4.78 is 17.6. The van der Waals surface area contributed by atoms with Crippen LogP contribution in [0.2, 0.25) is 0 Å². The topological polar surface area (TPSA) is 175 Å². The van der Waals surface area contributed by atoms with Crippen LogP contribution in [0.15, 0.2) is 97.2 Å². The number of ether oxygens (including phenoxy) is 3. The van der Waals surface area contributed by atoms with Crippen molar-refractivity contribution >= 4 is 11.9 Å². The molecule has 0 aromatic rings. The van der Waals surface area contributed by atoms with Crippen LogP contribution in [0.4, 0.5) is 0 Å². The van der Waals surface area contributed by atoms with Crippen molar-refractivity contribution < 1.29 is 49.3 Å². The Kier molecular flexibility index (Phi) is 53.2. The fourth-order valence-electron chi connectivity index (χ4n) is 9.77. The third-order valence-electron chi connectivity index (χ3n) is 15.0. The molecule has 1 aliphatic rings. The highest BCUT2D eigenvalue weighted by atomic mass is 16.7. The Morgan fingerprint density at radius 1 is 0.494 bits per heavy atom. The number of amides is 1. The fourth-order valence-corrected chi connectivity index (χ4v) is 9.77. The number of nitrogens with one attached hydrogen (secondary N) is 1. The van der Waals surface area contributed by atoms with E-state index in [4.69, 9.17) is 14.2 Å². The Hall–Kier alpha value is -3.42. The number of hydrogen-bond donors (Lipinski definition) is 6. The summed E-state index contributed by atoms with van der Waals surface area (Å²) in [7, 11) is 0. The zero-order chi connectivity index (χ0) is 58.9. The third-order valence-corrected chi connectivity index (χ3v) is 15.0. The molecule has 1 fully saturated rings. The quantitative estimate of drug-likeness (QED) is 0.0195. The first-order valence-corrected chi connectivity index (χ1v) is 33.0. The molecule has 0 aromatic heterocycles. The van der Waals surface area contributed by atoms with E-state index >= 15 is 0 Å². The summed E-state index contributed by atoms with van der Waals surface area (Å²) in [4.78, 5) is 26.6. The number of aliphatic hydroxyl groups is 5. The molecule has 11 nitrogen and oxygen atoms in total. The van der Waals surface area contributed by atoms with Gasteiger partial charge in [-0.05, 0) is 103 Å². The minimum atomic E-state index is -1.63. The van der Waals surface area contributed by atoms with Gasteiger partial charge in [-0.3, -0.25) is 9.59 Å². The van der Waals surface area contributed by atoms with Crippen molar-refractivity contribution in [3.8, 4) is 0 Å². The largest absolute Gasteiger partial charge is 0.454 e. The van der Waals surface area contributed by atoms with E-state index in [1.165, 1.54) is 135 Å². The Morgan fingerprint density at radius 3 is 1.35 bits per heavy atom. The molecule has 1 aliphatic heterocycles. The highest BCUT2D eigenvalue weighted by Crippen LogP contribution is 2.26. The second-order valence-corrected chi connectivity index (χ2v) is 22.5. The van der Waals surface area contributed by atoms with Crippen LogP contribution >= 0.6 is 0 Å². The summed E-state index contributed by atoms with van der Waals surface area (Å²) in [6, 6.07) is -1.05. The molecular formula is C70H121NO10. The molecule has 1 rings (SSSR count). The molecule has 0 saturated carbocycles. The lowest BCUT2D eigenvalue weighted by molar-refractivity contribution is -0.305. The summed E-state index contributed by atoms with van der Waals surface area (Å²) in [6.45, 7) is 5.65. The first-order chi connectivity index (χ1) is 39.7. The lowest BCUT2D eigenvalue weighted by atomic mass is 9.99. The molecule has 1 amide bonds. The van der Waals surface area contributed by atoms with Gasteiger partial charge in [0, 0.05) is 6.42 Å². The molecule has 0 radical (unpaired) electrons. The standard InChI is InChI=1S/C70H121NO10/c1-4-7-10-13-16-19-22-24-26-28-30-32-34-36-38-40-43-46-49-52-55-58-65(75)81-68-67(77)66(76)64(59-72)80-70(68)79-60-61(62(73)56-53-50-47-44-41-21-18-15-12-9-6-3)71-69(78)63(74)57-54-51-48-45-42-39-37-35-33-31-29-27-25-23-20-17-14-11-8-5-2/h8,11,17,20,24-27,31,33,37,39,45,48,53,56,61-64,66-68,70,72-74,76-77H,4-7,9-10,12-16,18-19,21-23,28-30,32,34-36,38,40-44,46-47,49-52,54-55,57-60H2,1-3H3,(H,71,78)/b11-8-,20-17-,26-24+,27-25-,33-31-,39-37-,48-45-,56-53+. The molecule has 8 atom stereocenters. The summed E-state index contributed by atoms with van der Waals surface area (Å²) >= 11 is 0. The van der Waals surface area contributed by atoms with E-state index in [0.29, 0.717) is 19.3 Å². The highest BCUT2D eigenvalue weighted by molar-refractivity contribution is 5.80. The number of rotatable bonds is 55. The van der Waals surface area contributed by atoms with E-state index in [1.54, 1.807) is 6.08 Å². The molecule has 6 N–H and O–H groups in total. The zero-order valence-corrected chi connectivity index (χ0v) is 51.6. The number of aliphatic hydroxyl groups excluding tert-OH is 5. The van der Waals surface area contributed by atoms with E-state index in [0.717, 1.165) is 83.5 Å². The maximum Gasteiger partial charge on any atom is 0.306 e. The van der Waals surface area contributed by atoms with Crippen LogP contribution in [0.25, 0.3) is 0 Å². The molecule has 0 bridgehead atoms. The molecule has 1 heterocycles. The molecule has 0 aliphatic carbocycles. The van der Waals surface area contributed by atoms with Gasteiger partial charge in [-0.15, -0.1) is 0 Å². The summed E-state index contributed by atoms with van der Waals surface area (Å²) in [5.41, 5.74) is 0. The lowest BCUT2D eigenvalue weighted by Gasteiger charge is -2.41. The number of unbranched alkanes of at least 4 members (excludes halogenated alkanes) is 27. The van der Waals surface area contributed by atoms with Gasteiger partial charge >= 0.3 is 5.97 Å². The van der Waals surface area contributed by atoms with Crippen LogP contribution in [-0.4, -0.2) is 99.6 Å². The van der Waals surface area contributed by atoms with Crippen molar-refractivity contribution in [3.63, 3.8) is 0 Å². The highest BCUT2D eigenvalue weighted by Gasteiger charge is 2.47. The van der Waals surface area contributed by atoms with Gasteiger partial charge in [-0.2, -0.15) is 0 Å². The normalized spacial score (nSPS) is 19.3. The molecule has 466 valence electrons. The maximum absolute atomic E-state index is 13.4. The van der Waals surface area contributed by atoms with Crippen LogP contribution in [0, 0.1) is 0 Å². The lowest BCUT2D eigenvalue weighted by Crippen LogP contribution is -2.61. The van der Waals surface area contributed by atoms with E-state index < -0.39 is 67.4 Å². The third kappa shape index (κ3) is 44.7. The zero-order valence-electron chi connectivity index (χ0n) is 51.6. The van der Waals surface area contributed by atoms with Gasteiger partial charge in [-0.1, -0.05) is 259 Å². The van der Waals surface area contributed by atoms with Crippen LogP contribution in [-0.2, 0) is 23.8 Å². The minimum absolute atomic E-state index is 0.114. The Balaban J connectivity index is 2.65. The average Bonchev–Trinajstić information content (AvgIpc) is 3.51. The first-order valence-electron chi connectivity index (χ1n) is 33.0. The van der Waals surface area contributed by atoms with Crippen LogP contribution in [0.1, 0.15) is 271 Å². The number of esters is 1. The summed E-state index contributed by atoms with van der Waals surface area (Å²) in [5.74, 6) is -1.24. The van der Waals surface area contributed by atoms with Crippen molar-refractivity contribution in [2.45, 2.75) is 320 Å². The van der Waals surface area contributed by atoms with E-state index in [1.807, 2.05) is 12.2 Å². The summed E-state index contributed by atoms with van der Waals surface area (Å²) in [6.07, 6.45) is 65.9. The van der Waals surface area contributed by atoms with Gasteiger partial charge in [0.05, 0.1) is 25.4 Å². The van der Waals surface area contributed by atoms with Crippen LogP contribution in [0.5, 0.6) is 0 Å². The van der Waals surface area contributed by atoms with Gasteiger partial charge in [0.2, 0.25) is 5.91 Å². The molecule has 11 heteroatoms. The maximum atomic E-state index is 13.4. The summed E-state index contributed by atoms with van der Waals surface area (Å²) in [5, 5.41) is 57.0. The number of allylic oxidation sites excluding steroid dienone is 15. The van der Waals surface area contributed by atoms with Crippen molar-refractivity contribution in [3.05, 3.63) is 97.2 Å². The van der Waals surface area contributed by atoms with Gasteiger partial charge < -0.3 is 45.1 Å². The smallest absolute Gasteiger partial charge is 0.306 e. The van der Waals surface area contributed by atoms with Gasteiger partial charge in [0.15, 0.2) is 12.4 Å². The monoisotopic (exact) mass is 1140 g/mol. The average molecular weight is 1140 g/mol. The first kappa shape index (κ1) is 75.6. The predicted molar refractivity (Wildman–Crippen MR) is 338 cm³/mol. The van der Waals surface area contributed by atoms with Crippen molar-refractivity contribution in [1.29, 1.82) is 0 Å². The number of carbonyl (C=O) groups excluding carboxylic acids is 2. The van der Waals surface area contributed by atoms with E-state index in [-0.39, 0.29) is 19.4 Å². The Labute approximate surface area is 495 Å². The van der Waals surface area contributed by atoms with Gasteiger partial charge in [-0.25, -0.2) is 0 Å². The number of carbonyl (C=O) groups is 2. The molecule has 0 spiro atoms. The van der Waals surface area contributed by atoms with Crippen molar-refractivity contribution in [2.24, 2.45) is 0 Å². The van der Waals surface area contributed by atoms with E-state index in [2.05, 4.69) is 105 Å². The van der Waals surface area contributed by atoms with Gasteiger partial charge in [0.1, 0.15) is 24.4 Å². The SMILES string of the molecule is CC/C=C\C/C=C\C/C=C\C/C=C\C/C=C\C/C=C\CCCC(O)C(=O)NC(COC1OC(CO)C(O)C(O)C1OC(=O)CCCCCCCCCCCCC/C=C/CCCCCCCC)C(O)/C=C/CCCCCCCCCCC. The van der Waals surface area contributed by atoms with Crippen molar-refractivity contribution in [2.75, 3.05) is 13.2 Å². The molecule has 8 unspecified atom stereocenters. The Bertz CT molecular complexity index is 1690. The second kappa shape index (κ2) is 57.0. The van der Waals surface area contributed by atoms with Crippen molar-refractivity contribution in [1.82, 2.24) is 5.32 Å². The predicted octanol–water partition coefficient (Wildman–Crippen LogP) is 16.3. The van der Waals surface area contributed by atoms with Gasteiger partial charge in [0.25, 0.3) is 0 Å². The minimum Gasteiger partial charge on any atom is -0.454 e. The molecule has 81 heavy (non-hydrogen) atoms. The number of hydrogen-bond acceptors (Lipinski definition) is 10.